The van der Waals surface area contributed by atoms with Crippen molar-refractivity contribution in [2.75, 3.05) is 10.0 Å². The van der Waals surface area contributed by atoms with Crippen LogP contribution in [0.25, 0.3) is 0 Å². The molecule has 0 saturated carbocycles. The lowest BCUT2D eigenvalue weighted by atomic mass is 10.2. The van der Waals surface area contributed by atoms with Gasteiger partial charge in [0, 0.05) is 16.6 Å². The lowest BCUT2D eigenvalue weighted by Crippen LogP contribution is -2.13. The van der Waals surface area contributed by atoms with E-state index in [0.29, 0.717) is 11.6 Å². The average Bonchev–Trinajstić information content (AvgIpc) is 3.37. The number of rotatable bonds is 7. The number of anilines is 3. The second-order valence-electron chi connectivity index (χ2n) is 6.10. The molecule has 0 fully saturated rings. The Balaban J connectivity index is 1.46. The highest BCUT2D eigenvalue weighted by atomic mass is 35.5. The number of hydrogen-bond donors (Lipinski definition) is 2. The third-order valence-corrected chi connectivity index (χ3v) is 6.35. The third kappa shape index (κ3) is 4.75. The van der Waals surface area contributed by atoms with Gasteiger partial charge in [0.25, 0.3) is 10.0 Å². The summed E-state index contributed by atoms with van der Waals surface area (Å²) in [5.74, 6) is -0.578. The molecule has 2 heterocycles. The first-order valence-electron chi connectivity index (χ1n) is 8.52. The Hall–Kier alpha value is -3.02. The van der Waals surface area contributed by atoms with Crippen LogP contribution in [0.3, 0.4) is 0 Å². The van der Waals surface area contributed by atoms with Gasteiger partial charge < -0.3 is 5.32 Å². The Bertz CT molecular complexity index is 1260. The Kier molecular flexibility index (Phi) is 5.66. The van der Waals surface area contributed by atoms with Gasteiger partial charge in [-0.25, -0.2) is 27.5 Å². The van der Waals surface area contributed by atoms with Gasteiger partial charge in [0.1, 0.15) is 12.1 Å². The zero-order valence-electron chi connectivity index (χ0n) is 15.2. The largest absolute Gasteiger partial charge is 0.320 e. The molecular weight excluding hydrogens is 451 g/mol. The summed E-state index contributed by atoms with van der Waals surface area (Å²) in [6.45, 7) is 0.466. The van der Waals surface area contributed by atoms with E-state index in [-0.39, 0.29) is 21.7 Å². The van der Waals surface area contributed by atoms with Gasteiger partial charge in [0.2, 0.25) is 5.95 Å². The number of aromatic nitrogens is 4. The van der Waals surface area contributed by atoms with Crippen molar-refractivity contribution in [3.05, 3.63) is 76.8 Å². The van der Waals surface area contributed by atoms with Gasteiger partial charge >= 0.3 is 0 Å². The van der Waals surface area contributed by atoms with Gasteiger partial charge in [-0.2, -0.15) is 0 Å². The number of benzene rings is 2. The maximum absolute atomic E-state index is 14.5. The summed E-state index contributed by atoms with van der Waals surface area (Å²) in [4.78, 5) is 7.73. The molecule has 30 heavy (non-hydrogen) atoms. The monoisotopic (exact) mass is 464 g/mol. The van der Waals surface area contributed by atoms with Crippen LogP contribution in [-0.4, -0.2) is 28.2 Å². The molecule has 12 heteroatoms. The second-order valence-corrected chi connectivity index (χ2v) is 9.12. The molecule has 0 aliphatic carbocycles. The average molecular weight is 465 g/mol. The molecule has 0 bridgehead atoms. The van der Waals surface area contributed by atoms with Crippen molar-refractivity contribution in [2.24, 2.45) is 0 Å². The fraction of sp³-hybridized carbons (Fsp3) is 0.0556. The Labute approximate surface area is 180 Å². The van der Waals surface area contributed by atoms with Crippen LogP contribution >= 0.6 is 22.9 Å². The Morgan fingerprint density at radius 1 is 1.13 bits per heavy atom. The van der Waals surface area contributed by atoms with Crippen molar-refractivity contribution < 1.29 is 12.8 Å². The molecule has 154 valence electrons. The Morgan fingerprint density at radius 3 is 2.63 bits per heavy atom. The molecule has 0 atom stereocenters. The van der Waals surface area contributed by atoms with Gasteiger partial charge in [-0.3, -0.25) is 4.72 Å². The molecule has 0 radical (unpaired) electrons. The maximum Gasteiger partial charge on any atom is 0.263 e. The molecule has 4 aromatic rings. The van der Waals surface area contributed by atoms with Crippen LogP contribution < -0.4 is 10.0 Å². The third-order valence-electron chi connectivity index (χ3n) is 3.95. The number of sulfonamides is 1. The quantitative estimate of drug-likeness (QED) is 0.426. The van der Waals surface area contributed by atoms with Crippen LogP contribution in [0.1, 0.15) is 5.56 Å². The molecule has 0 aliphatic rings. The van der Waals surface area contributed by atoms with Gasteiger partial charge in [-0.05, 0) is 35.9 Å². The van der Waals surface area contributed by atoms with E-state index in [2.05, 4.69) is 25.1 Å². The van der Waals surface area contributed by atoms with E-state index in [4.69, 9.17) is 11.6 Å². The van der Waals surface area contributed by atoms with Crippen LogP contribution in [-0.2, 0) is 16.6 Å². The van der Waals surface area contributed by atoms with Crippen molar-refractivity contribution in [3.8, 4) is 0 Å². The first-order chi connectivity index (χ1) is 14.4. The summed E-state index contributed by atoms with van der Waals surface area (Å²) in [7, 11) is -3.94. The SMILES string of the molecule is O=S(=O)(Nc1nccs1)c1ccc(Nc2ncn(Cc3ccc(Cl)cc3)n2)c(F)c1. The first kappa shape index (κ1) is 20.3. The predicted octanol–water partition coefficient (Wildman–Crippen LogP) is 4.12. The molecule has 0 spiro atoms. The number of hydrogen-bond acceptors (Lipinski definition) is 7. The highest BCUT2D eigenvalue weighted by molar-refractivity contribution is 7.93. The van der Waals surface area contributed by atoms with Gasteiger partial charge in [-0.15, -0.1) is 16.4 Å². The predicted molar refractivity (Wildman–Crippen MR) is 113 cm³/mol. The topological polar surface area (TPSA) is 102 Å². The standard InChI is InChI=1S/C18H14ClFN6O2S2/c19-13-3-1-12(2-4-13)10-26-11-22-17(24-26)23-16-6-5-14(9-15(16)20)30(27,28)25-18-21-7-8-29-18/h1-9,11H,10H2,(H,21,25)(H,23,24). The normalized spacial score (nSPS) is 11.4. The van der Waals surface area contributed by atoms with Crippen LogP contribution in [0.15, 0.2) is 65.3 Å². The van der Waals surface area contributed by atoms with Crippen molar-refractivity contribution in [2.45, 2.75) is 11.4 Å². The summed E-state index contributed by atoms with van der Waals surface area (Å²) in [6, 6.07) is 10.8. The minimum Gasteiger partial charge on any atom is -0.320 e. The molecule has 0 amide bonds. The molecule has 2 aromatic heterocycles. The van der Waals surface area contributed by atoms with Gasteiger partial charge in [-0.1, -0.05) is 23.7 Å². The van der Waals surface area contributed by atoms with Crippen LogP contribution in [0.2, 0.25) is 5.02 Å². The number of nitrogens with one attached hydrogen (secondary N) is 2. The molecule has 4 rings (SSSR count). The molecule has 0 unspecified atom stereocenters. The molecule has 0 saturated heterocycles. The van der Waals surface area contributed by atoms with E-state index in [0.717, 1.165) is 23.0 Å². The van der Waals surface area contributed by atoms with E-state index in [9.17, 15) is 12.8 Å². The highest BCUT2D eigenvalue weighted by Gasteiger charge is 2.18. The lowest BCUT2D eigenvalue weighted by Gasteiger charge is -2.08. The molecule has 8 nitrogen and oxygen atoms in total. The summed E-state index contributed by atoms with van der Waals surface area (Å²) in [5, 5.41) is 9.46. The minimum absolute atomic E-state index is 0.0486. The summed E-state index contributed by atoms with van der Waals surface area (Å²) >= 11 is 7.00. The van der Waals surface area contributed by atoms with Crippen LogP contribution in [0, 0.1) is 5.82 Å². The van der Waals surface area contributed by atoms with E-state index < -0.39 is 15.8 Å². The molecule has 2 N–H and O–H groups in total. The minimum atomic E-state index is -3.94. The molecular formula is C18H14ClFN6O2S2. The van der Waals surface area contributed by atoms with E-state index in [1.54, 1.807) is 22.2 Å². The maximum atomic E-state index is 14.5. The lowest BCUT2D eigenvalue weighted by molar-refractivity contribution is 0.596. The second kappa shape index (κ2) is 8.38. The van der Waals surface area contributed by atoms with E-state index in [1.165, 1.54) is 24.7 Å². The number of nitrogens with zero attached hydrogens (tertiary/aromatic N) is 4. The number of halogens is 2. The van der Waals surface area contributed by atoms with Gasteiger partial charge in [0.05, 0.1) is 17.1 Å². The number of thiazole rings is 1. The van der Waals surface area contributed by atoms with Crippen molar-refractivity contribution >= 4 is 49.7 Å². The molecule has 0 aliphatic heterocycles. The highest BCUT2D eigenvalue weighted by Crippen LogP contribution is 2.23. The zero-order chi connectivity index (χ0) is 21.1. The summed E-state index contributed by atoms with van der Waals surface area (Å²) in [6.07, 6.45) is 2.97. The van der Waals surface area contributed by atoms with Crippen LogP contribution in [0.5, 0.6) is 0 Å². The Morgan fingerprint density at radius 2 is 1.93 bits per heavy atom. The van der Waals surface area contributed by atoms with Crippen molar-refractivity contribution in [3.63, 3.8) is 0 Å². The van der Waals surface area contributed by atoms with Crippen molar-refractivity contribution in [1.82, 2.24) is 19.7 Å². The summed E-state index contributed by atoms with van der Waals surface area (Å²) < 4.78 is 43.1. The molecule has 2 aromatic carbocycles. The fourth-order valence-electron chi connectivity index (χ4n) is 2.54. The van der Waals surface area contributed by atoms with Crippen LogP contribution in [0.4, 0.5) is 21.2 Å². The smallest absolute Gasteiger partial charge is 0.263 e. The van der Waals surface area contributed by atoms with Crippen molar-refractivity contribution in [1.29, 1.82) is 0 Å². The van der Waals surface area contributed by atoms with E-state index >= 15 is 0 Å². The fourth-order valence-corrected chi connectivity index (χ4v) is 4.46. The van der Waals surface area contributed by atoms with E-state index in [1.807, 2.05) is 12.1 Å². The zero-order valence-corrected chi connectivity index (χ0v) is 17.5. The first-order valence-corrected chi connectivity index (χ1v) is 11.3. The van der Waals surface area contributed by atoms with Gasteiger partial charge in [0.15, 0.2) is 5.13 Å². The summed E-state index contributed by atoms with van der Waals surface area (Å²) in [5.41, 5.74) is 1.02.